The maximum atomic E-state index is 9.03. The van der Waals surface area contributed by atoms with Crippen LogP contribution in [0.5, 0.6) is 5.75 Å². The molecule has 4 heteroatoms. The van der Waals surface area contributed by atoms with Gasteiger partial charge in [-0.2, -0.15) is 0 Å². The minimum atomic E-state index is 0.584. The fourth-order valence-corrected chi connectivity index (χ4v) is 4.99. The van der Waals surface area contributed by atoms with Gasteiger partial charge in [-0.05, 0) is 74.6 Å². The third kappa shape index (κ3) is 4.67. The maximum absolute atomic E-state index is 9.03. The molecule has 0 aromatic heterocycles. The third-order valence-corrected chi connectivity index (χ3v) is 6.81. The van der Waals surface area contributed by atoms with Crippen LogP contribution < -0.4 is 9.55 Å². The van der Waals surface area contributed by atoms with Crippen LogP contribution in [-0.2, 0) is 6.54 Å². The van der Waals surface area contributed by atoms with Crippen LogP contribution in [0.15, 0.2) is 133 Å². The molecule has 1 N–H and O–H groups in total. The van der Waals surface area contributed by atoms with Crippen molar-refractivity contribution < 1.29 is 9.68 Å². The minimum absolute atomic E-state index is 0.584. The molecule has 0 aliphatic rings. The number of hydrogen-bond donors (Lipinski definition) is 1. The second-order valence-electron chi connectivity index (χ2n) is 9.02. The highest BCUT2D eigenvalue weighted by Crippen LogP contribution is 2.35. The van der Waals surface area contributed by atoms with Gasteiger partial charge >= 0.3 is 7.69 Å². The number of hydrogen-bond acceptors (Lipinski definition) is 3. The molecule has 0 bridgehead atoms. The molecule has 177 valence electrons. The second kappa shape index (κ2) is 10.2. The molecule has 0 atom stereocenters. The fourth-order valence-electron chi connectivity index (χ4n) is 4.99. The predicted molar refractivity (Wildman–Crippen MR) is 154 cm³/mol. The Morgan fingerprint density at radius 2 is 1.27 bits per heavy atom. The predicted octanol–water partition coefficient (Wildman–Crippen LogP) is 7.90. The van der Waals surface area contributed by atoms with Gasteiger partial charge in [-0.15, -0.1) is 0 Å². The van der Waals surface area contributed by atoms with Gasteiger partial charge in [0.15, 0.2) is 0 Å². The van der Waals surface area contributed by atoms with Crippen LogP contribution in [0, 0.1) is 0 Å². The van der Waals surface area contributed by atoms with Crippen molar-refractivity contribution in [1.29, 1.82) is 0 Å². The molecular formula is C33H25BNO2. The van der Waals surface area contributed by atoms with E-state index in [1.165, 1.54) is 38.2 Å². The van der Waals surface area contributed by atoms with Gasteiger partial charge in [0, 0.05) is 17.9 Å². The van der Waals surface area contributed by atoms with Crippen molar-refractivity contribution >= 4 is 40.6 Å². The zero-order valence-electron chi connectivity index (χ0n) is 20.3. The van der Waals surface area contributed by atoms with E-state index in [0.29, 0.717) is 20.0 Å². The van der Waals surface area contributed by atoms with E-state index in [1.54, 1.807) is 0 Å². The summed E-state index contributed by atoms with van der Waals surface area (Å²) in [7, 11) is 0.705. The van der Waals surface area contributed by atoms with Crippen molar-refractivity contribution in [3.05, 3.63) is 139 Å². The molecule has 6 aromatic carbocycles. The Morgan fingerprint density at radius 3 is 2.11 bits per heavy atom. The van der Waals surface area contributed by atoms with Crippen LogP contribution in [0.3, 0.4) is 0 Å². The Kier molecular flexibility index (Phi) is 6.32. The number of anilines is 2. The number of rotatable bonds is 7. The Bertz CT molecular complexity index is 1670. The standard InChI is InChI=1S/C33H25BNO2/c36-34-37-30-19-16-28(17-20-30)35(23-27-11-5-6-12-31(27)24-8-2-1-3-9-24)29-18-21-33-26(22-29)15-14-25-10-4-7-13-32(25)33/h1-22,36H,23H2. The van der Waals surface area contributed by atoms with Crippen molar-refractivity contribution in [2.45, 2.75) is 6.54 Å². The molecule has 0 spiro atoms. The van der Waals surface area contributed by atoms with Gasteiger partial charge < -0.3 is 14.6 Å². The molecular weight excluding hydrogens is 453 g/mol. The van der Waals surface area contributed by atoms with E-state index >= 15 is 0 Å². The molecule has 0 aliphatic carbocycles. The molecule has 1 radical (unpaired) electrons. The Hall–Kier alpha value is -4.54. The van der Waals surface area contributed by atoms with Crippen LogP contribution >= 0.6 is 0 Å². The summed E-state index contributed by atoms with van der Waals surface area (Å²) >= 11 is 0. The molecule has 3 nitrogen and oxygen atoms in total. The van der Waals surface area contributed by atoms with Gasteiger partial charge in [0.05, 0.1) is 0 Å². The van der Waals surface area contributed by atoms with E-state index in [4.69, 9.17) is 9.68 Å². The Morgan fingerprint density at radius 1 is 0.595 bits per heavy atom. The zero-order valence-corrected chi connectivity index (χ0v) is 20.3. The van der Waals surface area contributed by atoms with Gasteiger partial charge in [-0.3, -0.25) is 0 Å². The lowest BCUT2D eigenvalue weighted by Crippen LogP contribution is -2.17. The highest BCUT2D eigenvalue weighted by Gasteiger charge is 2.15. The minimum Gasteiger partial charge on any atom is -0.537 e. The van der Waals surface area contributed by atoms with Gasteiger partial charge in [0.1, 0.15) is 5.75 Å². The first-order valence-corrected chi connectivity index (χ1v) is 12.4. The molecule has 0 amide bonds. The van der Waals surface area contributed by atoms with E-state index < -0.39 is 0 Å². The fraction of sp³-hybridized carbons (Fsp3) is 0.0303. The Labute approximate surface area is 217 Å². The molecule has 0 saturated carbocycles. The first-order valence-electron chi connectivity index (χ1n) is 12.4. The van der Waals surface area contributed by atoms with Crippen molar-refractivity contribution in [3.8, 4) is 16.9 Å². The van der Waals surface area contributed by atoms with Crippen molar-refractivity contribution in [1.82, 2.24) is 0 Å². The molecule has 37 heavy (non-hydrogen) atoms. The van der Waals surface area contributed by atoms with Crippen LogP contribution in [0.2, 0.25) is 0 Å². The lowest BCUT2D eigenvalue weighted by atomic mass is 9.98. The average Bonchev–Trinajstić information content (AvgIpc) is 2.97. The number of fused-ring (bicyclic) bond motifs is 3. The van der Waals surface area contributed by atoms with Crippen LogP contribution in [0.4, 0.5) is 11.4 Å². The van der Waals surface area contributed by atoms with Gasteiger partial charge in [0.2, 0.25) is 0 Å². The van der Waals surface area contributed by atoms with E-state index in [-0.39, 0.29) is 0 Å². The molecule has 0 fully saturated rings. The third-order valence-electron chi connectivity index (χ3n) is 6.81. The summed E-state index contributed by atoms with van der Waals surface area (Å²) in [6.45, 7) is 0.691. The lowest BCUT2D eigenvalue weighted by Gasteiger charge is -2.27. The normalized spacial score (nSPS) is 10.9. The van der Waals surface area contributed by atoms with Crippen LogP contribution in [0.1, 0.15) is 5.56 Å². The van der Waals surface area contributed by atoms with Gasteiger partial charge in [-0.25, -0.2) is 0 Å². The summed E-state index contributed by atoms with van der Waals surface area (Å²) < 4.78 is 5.15. The zero-order chi connectivity index (χ0) is 25.0. The van der Waals surface area contributed by atoms with Gasteiger partial charge in [-0.1, -0.05) is 97.1 Å². The topological polar surface area (TPSA) is 32.7 Å². The summed E-state index contributed by atoms with van der Waals surface area (Å²) in [5, 5.41) is 14.0. The summed E-state index contributed by atoms with van der Waals surface area (Å²) in [4.78, 5) is 2.32. The van der Waals surface area contributed by atoms with E-state index in [9.17, 15) is 0 Å². The first kappa shape index (κ1) is 22.9. The summed E-state index contributed by atoms with van der Waals surface area (Å²) in [5.41, 5.74) is 5.79. The molecule has 0 unspecified atom stereocenters. The molecule has 0 saturated heterocycles. The molecule has 6 rings (SSSR count). The van der Waals surface area contributed by atoms with E-state index in [1.807, 2.05) is 30.3 Å². The number of benzene rings is 6. The van der Waals surface area contributed by atoms with Crippen molar-refractivity contribution in [2.24, 2.45) is 0 Å². The lowest BCUT2D eigenvalue weighted by molar-refractivity contribution is 0.454. The summed E-state index contributed by atoms with van der Waals surface area (Å²) in [6.07, 6.45) is 0. The van der Waals surface area contributed by atoms with Crippen molar-refractivity contribution in [3.63, 3.8) is 0 Å². The molecule has 0 heterocycles. The van der Waals surface area contributed by atoms with Crippen LogP contribution in [-0.4, -0.2) is 12.7 Å². The van der Waals surface area contributed by atoms with Crippen LogP contribution in [0.25, 0.3) is 32.7 Å². The molecule has 6 aromatic rings. The SMILES string of the molecule is O[B]Oc1ccc(N(Cc2ccccc2-c2ccccc2)c2ccc3c(ccc4ccccc43)c2)cc1. The maximum Gasteiger partial charge on any atom is 0.569 e. The molecule has 0 aliphatic heterocycles. The highest BCUT2D eigenvalue weighted by atomic mass is 16.5. The van der Waals surface area contributed by atoms with Crippen molar-refractivity contribution in [2.75, 3.05) is 4.90 Å². The van der Waals surface area contributed by atoms with E-state index in [0.717, 1.165) is 11.4 Å². The average molecular weight is 478 g/mol. The highest BCUT2D eigenvalue weighted by molar-refractivity contribution is 6.17. The summed E-state index contributed by atoms with van der Waals surface area (Å²) in [6, 6.07) is 46.4. The first-order chi connectivity index (χ1) is 18.3. The largest absolute Gasteiger partial charge is 0.569 e. The smallest absolute Gasteiger partial charge is 0.537 e. The monoisotopic (exact) mass is 478 g/mol. The summed E-state index contributed by atoms with van der Waals surface area (Å²) in [5.74, 6) is 0.584. The second-order valence-corrected chi connectivity index (χ2v) is 9.02. The number of nitrogens with zero attached hydrogens (tertiary/aromatic N) is 1. The quantitative estimate of drug-likeness (QED) is 0.187. The Balaban J connectivity index is 1.46. The van der Waals surface area contributed by atoms with Gasteiger partial charge in [0.25, 0.3) is 0 Å². The van der Waals surface area contributed by atoms with E-state index in [2.05, 4.69) is 108 Å².